The second kappa shape index (κ2) is 6.61. The highest BCUT2D eigenvalue weighted by atomic mass is 16.5. The molecule has 0 spiro atoms. The minimum atomic E-state index is -0.0264. The van der Waals surface area contributed by atoms with Gasteiger partial charge in [0.15, 0.2) is 5.78 Å². The van der Waals surface area contributed by atoms with Gasteiger partial charge in [0.2, 0.25) is 0 Å². The first kappa shape index (κ1) is 13.9. The standard InChI is InChI=1S/C16H18N2O2/c1-12(19)15-8-7-13(11-16(15)17)18-9-10-20-14-5-3-2-4-6-14/h2-8,11,18H,9-10,17H2,1H3. The molecule has 0 fully saturated rings. The molecule has 0 heterocycles. The number of Topliss-reactive ketones (excluding diaryl/α,β-unsaturated/α-hetero) is 1. The number of benzene rings is 2. The molecule has 2 aromatic carbocycles. The van der Waals surface area contributed by atoms with Crippen molar-refractivity contribution in [1.29, 1.82) is 0 Å². The third kappa shape index (κ3) is 3.75. The zero-order valence-electron chi connectivity index (χ0n) is 11.4. The van der Waals surface area contributed by atoms with Gasteiger partial charge in [-0.1, -0.05) is 18.2 Å². The summed E-state index contributed by atoms with van der Waals surface area (Å²) in [5.41, 5.74) is 7.75. The Morgan fingerprint density at radius 1 is 1.20 bits per heavy atom. The molecule has 0 aromatic heterocycles. The fraction of sp³-hybridized carbons (Fsp3) is 0.188. The number of ketones is 1. The summed E-state index contributed by atoms with van der Waals surface area (Å²) in [7, 11) is 0. The molecule has 0 unspecified atom stereocenters. The van der Waals surface area contributed by atoms with E-state index in [1.54, 1.807) is 12.1 Å². The molecule has 3 N–H and O–H groups in total. The Balaban J connectivity index is 1.83. The number of nitrogens with two attached hydrogens (primary N) is 1. The Morgan fingerprint density at radius 3 is 2.60 bits per heavy atom. The first-order chi connectivity index (χ1) is 9.66. The lowest BCUT2D eigenvalue weighted by Gasteiger charge is -2.10. The zero-order valence-corrected chi connectivity index (χ0v) is 11.4. The zero-order chi connectivity index (χ0) is 14.4. The van der Waals surface area contributed by atoms with Crippen LogP contribution >= 0.6 is 0 Å². The van der Waals surface area contributed by atoms with Gasteiger partial charge in [-0.05, 0) is 37.3 Å². The maximum atomic E-state index is 11.3. The molecule has 4 heteroatoms. The average molecular weight is 270 g/mol. The van der Waals surface area contributed by atoms with Gasteiger partial charge in [-0.15, -0.1) is 0 Å². The van der Waals surface area contributed by atoms with Crippen molar-refractivity contribution in [1.82, 2.24) is 0 Å². The van der Waals surface area contributed by atoms with E-state index in [-0.39, 0.29) is 5.78 Å². The SMILES string of the molecule is CC(=O)c1ccc(NCCOc2ccccc2)cc1N. The predicted molar refractivity (Wildman–Crippen MR) is 81.3 cm³/mol. The molecule has 0 radical (unpaired) electrons. The summed E-state index contributed by atoms with van der Waals surface area (Å²) in [6.45, 7) is 2.72. The van der Waals surface area contributed by atoms with Crippen LogP contribution in [0.15, 0.2) is 48.5 Å². The van der Waals surface area contributed by atoms with E-state index in [0.717, 1.165) is 11.4 Å². The molecule has 2 rings (SSSR count). The number of ether oxygens (including phenoxy) is 1. The molecule has 0 bridgehead atoms. The molecule has 0 aliphatic carbocycles. The highest BCUT2D eigenvalue weighted by Crippen LogP contribution is 2.18. The van der Waals surface area contributed by atoms with Gasteiger partial charge in [-0.25, -0.2) is 0 Å². The third-order valence-electron chi connectivity index (χ3n) is 2.87. The van der Waals surface area contributed by atoms with Crippen LogP contribution in [0.2, 0.25) is 0 Å². The van der Waals surface area contributed by atoms with Crippen molar-refractivity contribution in [2.75, 3.05) is 24.2 Å². The van der Waals surface area contributed by atoms with Crippen molar-refractivity contribution in [3.05, 3.63) is 54.1 Å². The minimum absolute atomic E-state index is 0.0264. The van der Waals surface area contributed by atoms with Crippen LogP contribution in [0.3, 0.4) is 0 Å². The topological polar surface area (TPSA) is 64.3 Å². The first-order valence-electron chi connectivity index (χ1n) is 6.49. The number of rotatable bonds is 6. The fourth-order valence-corrected chi connectivity index (χ4v) is 1.87. The summed E-state index contributed by atoms with van der Waals surface area (Å²) in [6, 6.07) is 15.0. The molecular formula is C16H18N2O2. The van der Waals surface area contributed by atoms with Gasteiger partial charge in [0.25, 0.3) is 0 Å². The van der Waals surface area contributed by atoms with Crippen molar-refractivity contribution < 1.29 is 9.53 Å². The Hall–Kier alpha value is -2.49. The van der Waals surface area contributed by atoms with E-state index in [2.05, 4.69) is 5.32 Å². The Morgan fingerprint density at radius 2 is 1.95 bits per heavy atom. The molecule has 0 aliphatic rings. The maximum Gasteiger partial charge on any atom is 0.161 e. The number of hydrogen-bond acceptors (Lipinski definition) is 4. The number of anilines is 2. The average Bonchev–Trinajstić information content (AvgIpc) is 2.44. The van der Waals surface area contributed by atoms with Gasteiger partial charge in [0.1, 0.15) is 12.4 Å². The molecule has 0 amide bonds. The summed E-state index contributed by atoms with van der Waals surface area (Å²) in [4.78, 5) is 11.3. The number of para-hydroxylation sites is 1. The van der Waals surface area contributed by atoms with E-state index >= 15 is 0 Å². The van der Waals surface area contributed by atoms with Crippen molar-refractivity contribution in [2.45, 2.75) is 6.92 Å². The molecule has 0 atom stereocenters. The number of carbonyl (C=O) groups excluding carboxylic acids is 1. The third-order valence-corrected chi connectivity index (χ3v) is 2.87. The molecule has 0 saturated heterocycles. The summed E-state index contributed by atoms with van der Waals surface area (Å²) >= 11 is 0. The monoisotopic (exact) mass is 270 g/mol. The lowest BCUT2D eigenvalue weighted by Crippen LogP contribution is -2.12. The van der Waals surface area contributed by atoms with Gasteiger partial charge in [0, 0.05) is 23.5 Å². The molecule has 0 saturated carbocycles. The van der Waals surface area contributed by atoms with Crippen LogP contribution in [0.5, 0.6) is 5.75 Å². The van der Waals surface area contributed by atoms with Gasteiger partial charge in [-0.2, -0.15) is 0 Å². The Bertz CT molecular complexity index is 582. The summed E-state index contributed by atoms with van der Waals surface area (Å²) < 4.78 is 5.57. The minimum Gasteiger partial charge on any atom is -0.492 e. The number of nitrogens with one attached hydrogen (secondary N) is 1. The van der Waals surface area contributed by atoms with Crippen LogP contribution in [0.25, 0.3) is 0 Å². The lowest BCUT2D eigenvalue weighted by atomic mass is 10.1. The van der Waals surface area contributed by atoms with E-state index in [4.69, 9.17) is 10.5 Å². The highest BCUT2D eigenvalue weighted by molar-refractivity contribution is 5.99. The number of hydrogen-bond donors (Lipinski definition) is 2. The van der Waals surface area contributed by atoms with Crippen molar-refractivity contribution in [3.8, 4) is 5.75 Å². The van der Waals surface area contributed by atoms with Crippen molar-refractivity contribution >= 4 is 17.2 Å². The maximum absolute atomic E-state index is 11.3. The van der Waals surface area contributed by atoms with Gasteiger partial charge >= 0.3 is 0 Å². The molecular weight excluding hydrogens is 252 g/mol. The van der Waals surface area contributed by atoms with Crippen LogP contribution in [0.1, 0.15) is 17.3 Å². The quantitative estimate of drug-likeness (QED) is 0.481. The smallest absolute Gasteiger partial charge is 0.161 e. The Kier molecular flexibility index (Phi) is 4.60. The fourth-order valence-electron chi connectivity index (χ4n) is 1.87. The van der Waals surface area contributed by atoms with Crippen molar-refractivity contribution in [3.63, 3.8) is 0 Å². The molecule has 20 heavy (non-hydrogen) atoms. The van der Waals surface area contributed by atoms with Gasteiger partial charge < -0.3 is 15.8 Å². The second-order valence-electron chi connectivity index (χ2n) is 4.45. The number of nitrogen functional groups attached to an aromatic ring is 1. The van der Waals surface area contributed by atoms with Crippen LogP contribution in [0, 0.1) is 0 Å². The van der Waals surface area contributed by atoms with Crippen LogP contribution < -0.4 is 15.8 Å². The van der Waals surface area contributed by atoms with Crippen LogP contribution in [-0.2, 0) is 0 Å². The summed E-state index contributed by atoms with van der Waals surface area (Å²) in [5, 5.41) is 3.21. The van der Waals surface area contributed by atoms with Crippen LogP contribution in [0.4, 0.5) is 11.4 Å². The van der Waals surface area contributed by atoms with Crippen molar-refractivity contribution in [2.24, 2.45) is 0 Å². The molecule has 0 aliphatic heterocycles. The molecule has 104 valence electrons. The normalized spacial score (nSPS) is 10.1. The van der Waals surface area contributed by atoms with Crippen LogP contribution in [-0.4, -0.2) is 18.9 Å². The molecule has 2 aromatic rings. The van der Waals surface area contributed by atoms with Gasteiger partial charge in [-0.3, -0.25) is 4.79 Å². The van der Waals surface area contributed by atoms with E-state index in [1.165, 1.54) is 6.92 Å². The van der Waals surface area contributed by atoms with E-state index < -0.39 is 0 Å². The Labute approximate surface area is 118 Å². The molecule has 4 nitrogen and oxygen atoms in total. The second-order valence-corrected chi connectivity index (χ2v) is 4.45. The van der Waals surface area contributed by atoms with E-state index in [0.29, 0.717) is 24.4 Å². The van der Waals surface area contributed by atoms with E-state index in [9.17, 15) is 4.79 Å². The largest absolute Gasteiger partial charge is 0.492 e. The lowest BCUT2D eigenvalue weighted by molar-refractivity contribution is 0.101. The van der Waals surface area contributed by atoms with E-state index in [1.807, 2.05) is 36.4 Å². The first-order valence-corrected chi connectivity index (χ1v) is 6.49. The summed E-state index contributed by atoms with van der Waals surface area (Å²) in [5.74, 6) is 0.821. The number of carbonyl (C=O) groups is 1. The van der Waals surface area contributed by atoms with Gasteiger partial charge in [0.05, 0.1) is 0 Å². The predicted octanol–water partition coefficient (Wildman–Crippen LogP) is 2.96. The highest BCUT2D eigenvalue weighted by Gasteiger charge is 2.04. The summed E-state index contributed by atoms with van der Waals surface area (Å²) in [6.07, 6.45) is 0.